The van der Waals surface area contributed by atoms with E-state index in [9.17, 15) is 13.5 Å². The van der Waals surface area contributed by atoms with Crippen molar-refractivity contribution >= 4 is 15.7 Å². The van der Waals surface area contributed by atoms with Crippen LogP contribution in [-0.4, -0.2) is 51.2 Å². The van der Waals surface area contributed by atoms with E-state index < -0.39 is 15.6 Å². The molecule has 1 atom stereocenters. The zero-order valence-corrected chi connectivity index (χ0v) is 13.2. The van der Waals surface area contributed by atoms with Crippen molar-refractivity contribution in [2.24, 2.45) is 0 Å². The maximum absolute atomic E-state index is 12.2. The highest BCUT2D eigenvalue weighted by atomic mass is 32.2. The Morgan fingerprint density at radius 2 is 2.00 bits per heavy atom. The van der Waals surface area contributed by atoms with Crippen LogP contribution < -0.4 is 10.5 Å². The van der Waals surface area contributed by atoms with E-state index >= 15 is 0 Å². The predicted molar refractivity (Wildman–Crippen MR) is 80.0 cm³/mol. The zero-order valence-electron chi connectivity index (χ0n) is 12.3. The zero-order chi connectivity index (χ0) is 15.6. The van der Waals surface area contributed by atoms with Crippen molar-refractivity contribution in [3.05, 3.63) is 23.8 Å². The van der Waals surface area contributed by atoms with E-state index in [-0.39, 0.29) is 11.4 Å². The van der Waals surface area contributed by atoms with Crippen LogP contribution in [-0.2, 0) is 10.0 Å². The Balaban J connectivity index is 2.89. The standard InChI is InChI=1S/C13H23N3O3S/c1-10-11(14)6-5-7-12(10)20(18,19)15-8-13(2,17)9-16(3)4/h5-7,15,17H,8-9,14H2,1-4H3. The van der Waals surface area contributed by atoms with Crippen molar-refractivity contribution in [1.29, 1.82) is 0 Å². The minimum Gasteiger partial charge on any atom is -0.398 e. The van der Waals surface area contributed by atoms with Gasteiger partial charge in [-0.05, 0) is 45.6 Å². The van der Waals surface area contributed by atoms with Crippen LogP contribution in [0.4, 0.5) is 5.69 Å². The summed E-state index contributed by atoms with van der Waals surface area (Å²) < 4.78 is 26.9. The third-order valence-electron chi connectivity index (χ3n) is 2.92. The molecule has 0 aliphatic carbocycles. The van der Waals surface area contributed by atoms with Gasteiger partial charge in [0, 0.05) is 18.8 Å². The van der Waals surface area contributed by atoms with Gasteiger partial charge in [-0.2, -0.15) is 0 Å². The van der Waals surface area contributed by atoms with E-state index in [2.05, 4.69) is 4.72 Å². The summed E-state index contributed by atoms with van der Waals surface area (Å²) in [6.07, 6.45) is 0. The number of nitrogens with zero attached hydrogens (tertiary/aromatic N) is 1. The summed E-state index contributed by atoms with van der Waals surface area (Å²) in [6.45, 7) is 3.52. The molecule has 0 amide bonds. The molecular formula is C13H23N3O3S. The van der Waals surface area contributed by atoms with Gasteiger partial charge in [-0.15, -0.1) is 0 Å². The second-order valence-corrected chi connectivity index (χ2v) is 7.27. The maximum Gasteiger partial charge on any atom is 0.241 e. The number of nitrogen functional groups attached to an aromatic ring is 1. The monoisotopic (exact) mass is 301 g/mol. The van der Waals surface area contributed by atoms with Crippen LogP contribution in [0, 0.1) is 6.92 Å². The summed E-state index contributed by atoms with van der Waals surface area (Å²) in [5.74, 6) is 0. The average molecular weight is 301 g/mol. The first-order valence-corrected chi connectivity index (χ1v) is 7.75. The molecular weight excluding hydrogens is 278 g/mol. The Bertz CT molecular complexity index is 568. The first-order chi connectivity index (χ1) is 9.05. The average Bonchev–Trinajstić information content (AvgIpc) is 2.29. The topological polar surface area (TPSA) is 95.7 Å². The minimum absolute atomic E-state index is 0.0677. The molecule has 6 nitrogen and oxygen atoms in total. The van der Waals surface area contributed by atoms with E-state index in [1.54, 1.807) is 30.9 Å². The molecule has 1 aromatic rings. The highest BCUT2D eigenvalue weighted by Gasteiger charge is 2.25. The lowest BCUT2D eigenvalue weighted by Crippen LogP contribution is -2.47. The van der Waals surface area contributed by atoms with E-state index in [1.807, 2.05) is 14.1 Å². The molecule has 0 saturated carbocycles. The highest BCUT2D eigenvalue weighted by molar-refractivity contribution is 7.89. The molecule has 0 spiro atoms. The van der Waals surface area contributed by atoms with Crippen LogP contribution in [0.5, 0.6) is 0 Å². The number of benzene rings is 1. The smallest absolute Gasteiger partial charge is 0.241 e. The number of nitrogens with one attached hydrogen (secondary N) is 1. The summed E-state index contributed by atoms with van der Waals surface area (Å²) in [5.41, 5.74) is 5.50. The summed E-state index contributed by atoms with van der Waals surface area (Å²) in [4.78, 5) is 1.93. The molecule has 0 bridgehead atoms. The van der Waals surface area contributed by atoms with Crippen molar-refractivity contribution in [2.75, 3.05) is 32.9 Å². The number of aliphatic hydroxyl groups is 1. The van der Waals surface area contributed by atoms with Crippen molar-refractivity contribution < 1.29 is 13.5 Å². The van der Waals surface area contributed by atoms with Crippen LogP contribution in [0.2, 0.25) is 0 Å². The number of anilines is 1. The Labute approximate surface area is 120 Å². The van der Waals surface area contributed by atoms with Gasteiger partial charge in [-0.25, -0.2) is 13.1 Å². The first-order valence-electron chi connectivity index (χ1n) is 6.27. The van der Waals surface area contributed by atoms with Gasteiger partial charge < -0.3 is 15.7 Å². The van der Waals surface area contributed by atoms with Gasteiger partial charge >= 0.3 is 0 Å². The highest BCUT2D eigenvalue weighted by Crippen LogP contribution is 2.20. The molecule has 1 unspecified atom stereocenters. The fourth-order valence-corrected chi connectivity index (χ4v) is 3.42. The molecule has 0 aliphatic rings. The summed E-state index contributed by atoms with van der Waals surface area (Å²) in [5, 5.41) is 10.1. The predicted octanol–water partition coefficient (Wildman–Crippen LogP) is 0.168. The molecule has 0 heterocycles. The van der Waals surface area contributed by atoms with Gasteiger partial charge in [0.15, 0.2) is 0 Å². The largest absolute Gasteiger partial charge is 0.398 e. The van der Waals surface area contributed by atoms with E-state index in [0.29, 0.717) is 17.8 Å². The number of nitrogens with two attached hydrogens (primary N) is 1. The Kier molecular flexibility index (Phi) is 5.15. The van der Waals surface area contributed by atoms with Gasteiger partial charge in [-0.3, -0.25) is 0 Å². The third kappa shape index (κ3) is 4.45. The molecule has 0 radical (unpaired) electrons. The second kappa shape index (κ2) is 6.09. The van der Waals surface area contributed by atoms with E-state index in [4.69, 9.17) is 5.73 Å². The normalized spacial score (nSPS) is 15.3. The van der Waals surface area contributed by atoms with Gasteiger partial charge in [-0.1, -0.05) is 6.07 Å². The molecule has 7 heteroatoms. The minimum atomic E-state index is -3.69. The fraction of sp³-hybridized carbons (Fsp3) is 0.538. The third-order valence-corrected chi connectivity index (χ3v) is 4.46. The molecule has 4 N–H and O–H groups in total. The lowest BCUT2D eigenvalue weighted by Gasteiger charge is -2.27. The lowest BCUT2D eigenvalue weighted by atomic mass is 10.1. The lowest BCUT2D eigenvalue weighted by molar-refractivity contribution is 0.0386. The molecule has 0 fully saturated rings. The van der Waals surface area contributed by atoms with Crippen molar-refractivity contribution in [3.63, 3.8) is 0 Å². The SMILES string of the molecule is Cc1c(N)cccc1S(=O)(=O)NCC(C)(O)CN(C)C. The van der Waals surface area contributed by atoms with Crippen LogP contribution in [0.15, 0.2) is 23.1 Å². The van der Waals surface area contributed by atoms with Gasteiger partial charge in [0.25, 0.3) is 0 Å². The van der Waals surface area contributed by atoms with Crippen molar-refractivity contribution in [2.45, 2.75) is 24.3 Å². The maximum atomic E-state index is 12.2. The van der Waals surface area contributed by atoms with Crippen molar-refractivity contribution in [3.8, 4) is 0 Å². The summed E-state index contributed by atoms with van der Waals surface area (Å²) >= 11 is 0. The molecule has 20 heavy (non-hydrogen) atoms. The van der Waals surface area contributed by atoms with Crippen LogP contribution in [0.3, 0.4) is 0 Å². The summed E-state index contributed by atoms with van der Waals surface area (Å²) in [7, 11) is -0.0699. The summed E-state index contributed by atoms with van der Waals surface area (Å²) in [6, 6.07) is 4.74. The molecule has 0 aliphatic heterocycles. The molecule has 1 aromatic carbocycles. The quantitative estimate of drug-likeness (QED) is 0.651. The molecule has 0 saturated heterocycles. The van der Waals surface area contributed by atoms with Crippen LogP contribution in [0.1, 0.15) is 12.5 Å². The first kappa shape index (κ1) is 16.9. The number of sulfonamides is 1. The van der Waals surface area contributed by atoms with E-state index in [1.165, 1.54) is 6.07 Å². The van der Waals surface area contributed by atoms with Gasteiger partial charge in [0.05, 0.1) is 10.5 Å². The number of hydrogen-bond acceptors (Lipinski definition) is 5. The Hall–Kier alpha value is -1.15. The number of likely N-dealkylation sites (N-methyl/N-ethyl adjacent to an activating group) is 1. The Morgan fingerprint density at radius 1 is 1.40 bits per heavy atom. The van der Waals surface area contributed by atoms with E-state index in [0.717, 1.165) is 0 Å². The van der Waals surface area contributed by atoms with Gasteiger partial charge in [0.1, 0.15) is 0 Å². The molecule has 114 valence electrons. The second-order valence-electron chi connectivity index (χ2n) is 5.53. The molecule has 1 rings (SSSR count). The van der Waals surface area contributed by atoms with Crippen molar-refractivity contribution in [1.82, 2.24) is 9.62 Å². The number of hydrogen-bond donors (Lipinski definition) is 3. The Morgan fingerprint density at radius 3 is 2.55 bits per heavy atom. The fourth-order valence-electron chi connectivity index (χ4n) is 1.99. The van der Waals surface area contributed by atoms with Crippen LogP contribution in [0.25, 0.3) is 0 Å². The van der Waals surface area contributed by atoms with Gasteiger partial charge in [0.2, 0.25) is 10.0 Å². The molecule has 0 aromatic heterocycles. The number of rotatable bonds is 6. The van der Waals surface area contributed by atoms with Crippen LogP contribution >= 0.6 is 0 Å².